The Morgan fingerprint density at radius 1 is 1.43 bits per heavy atom. The Balaban J connectivity index is 2.73. The van der Waals surface area contributed by atoms with Crippen molar-refractivity contribution in [2.24, 2.45) is 0 Å². The molecule has 0 N–H and O–H groups in total. The largest absolute Gasteiger partial charge is 0.466 e. The normalized spacial score (nSPS) is 12.2. The van der Waals surface area contributed by atoms with Gasteiger partial charge in [-0.25, -0.2) is 4.39 Å². The lowest BCUT2D eigenvalue weighted by molar-refractivity contribution is -0.144. The van der Waals surface area contributed by atoms with Crippen LogP contribution in [0, 0.1) is 5.82 Å². The molecule has 1 atom stereocenters. The molecular weight excluding hydrogens is 183 g/mol. The van der Waals surface area contributed by atoms with Crippen molar-refractivity contribution in [3.8, 4) is 0 Å². The molecule has 1 aromatic carbocycles. The monoisotopic (exact) mass is 196 g/mol. The van der Waals surface area contributed by atoms with Crippen molar-refractivity contribution in [3.05, 3.63) is 35.6 Å². The van der Waals surface area contributed by atoms with Crippen LogP contribution in [0.3, 0.4) is 0 Å². The van der Waals surface area contributed by atoms with Gasteiger partial charge in [0.25, 0.3) is 0 Å². The maximum Gasteiger partial charge on any atom is 0.313 e. The first-order chi connectivity index (χ1) is 6.65. The first-order valence-electron chi connectivity index (χ1n) is 4.57. The fraction of sp³-hybridized carbons (Fsp3) is 0.364. The molecule has 14 heavy (non-hydrogen) atoms. The van der Waals surface area contributed by atoms with E-state index in [1.54, 1.807) is 26.0 Å². The van der Waals surface area contributed by atoms with Gasteiger partial charge in [0.1, 0.15) is 5.82 Å². The minimum atomic E-state index is -0.337. The Hall–Kier alpha value is -1.38. The second-order valence-corrected chi connectivity index (χ2v) is 3.03. The van der Waals surface area contributed by atoms with Gasteiger partial charge >= 0.3 is 5.97 Å². The summed E-state index contributed by atoms with van der Waals surface area (Å²) in [5.74, 6) is -0.917. The lowest BCUT2D eigenvalue weighted by atomic mass is 10.0. The fourth-order valence-electron chi connectivity index (χ4n) is 1.15. The highest BCUT2D eigenvalue weighted by Crippen LogP contribution is 2.16. The molecule has 0 radical (unpaired) electrons. The summed E-state index contributed by atoms with van der Waals surface area (Å²) in [5.41, 5.74) is 0.768. The Labute approximate surface area is 82.7 Å². The summed E-state index contributed by atoms with van der Waals surface area (Å²) < 4.78 is 17.4. The van der Waals surface area contributed by atoms with E-state index in [0.29, 0.717) is 6.61 Å². The Morgan fingerprint density at radius 3 is 2.50 bits per heavy atom. The number of carbonyl (C=O) groups excluding carboxylic acids is 1. The first-order valence-corrected chi connectivity index (χ1v) is 4.57. The molecule has 0 saturated heterocycles. The third-order valence-electron chi connectivity index (χ3n) is 2.01. The van der Waals surface area contributed by atoms with Gasteiger partial charge in [0.05, 0.1) is 12.5 Å². The van der Waals surface area contributed by atoms with Crippen LogP contribution in [0.2, 0.25) is 0 Å². The highest BCUT2D eigenvalue weighted by atomic mass is 19.1. The smallest absolute Gasteiger partial charge is 0.313 e. The third kappa shape index (κ3) is 2.55. The van der Waals surface area contributed by atoms with Gasteiger partial charge in [-0.15, -0.1) is 0 Å². The molecular formula is C11H13FO2. The predicted molar refractivity (Wildman–Crippen MR) is 51.4 cm³/mol. The lowest BCUT2D eigenvalue weighted by Crippen LogP contribution is -2.12. The minimum Gasteiger partial charge on any atom is -0.466 e. The van der Waals surface area contributed by atoms with Crippen molar-refractivity contribution in [3.63, 3.8) is 0 Å². The maximum atomic E-state index is 12.6. The number of rotatable bonds is 3. The maximum absolute atomic E-state index is 12.6. The number of ether oxygens (including phenoxy) is 1. The van der Waals surface area contributed by atoms with Gasteiger partial charge in [0.2, 0.25) is 0 Å². The molecule has 0 fully saturated rings. The van der Waals surface area contributed by atoms with Gasteiger partial charge in [0, 0.05) is 0 Å². The highest BCUT2D eigenvalue weighted by molar-refractivity contribution is 5.77. The molecule has 0 aliphatic carbocycles. The summed E-state index contributed by atoms with van der Waals surface area (Å²) in [6.45, 7) is 3.87. The third-order valence-corrected chi connectivity index (χ3v) is 2.01. The van der Waals surface area contributed by atoms with E-state index in [1.807, 2.05) is 0 Å². The van der Waals surface area contributed by atoms with E-state index in [0.717, 1.165) is 5.56 Å². The number of halogens is 1. The van der Waals surface area contributed by atoms with Crippen LogP contribution >= 0.6 is 0 Å². The molecule has 3 heteroatoms. The van der Waals surface area contributed by atoms with Crippen LogP contribution in [0.15, 0.2) is 24.3 Å². The van der Waals surface area contributed by atoms with E-state index in [9.17, 15) is 9.18 Å². The van der Waals surface area contributed by atoms with Crippen molar-refractivity contribution >= 4 is 5.97 Å². The van der Waals surface area contributed by atoms with Crippen molar-refractivity contribution in [2.75, 3.05) is 6.61 Å². The Kier molecular flexibility index (Phi) is 3.63. The van der Waals surface area contributed by atoms with Crippen LogP contribution in [0.5, 0.6) is 0 Å². The molecule has 1 aromatic rings. The number of carbonyl (C=O) groups is 1. The number of esters is 1. The van der Waals surface area contributed by atoms with E-state index in [-0.39, 0.29) is 17.7 Å². The van der Waals surface area contributed by atoms with E-state index < -0.39 is 0 Å². The van der Waals surface area contributed by atoms with Crippen molar-refractivity contribution < 1.29 is 13.9 Å². The Morgan fingerprint density at radius 2 is 2.00 bits per heavy atom. The van der Waals surface area contributed by atoms with Gasteiger partial charge in [-0.1, -0.05) is 12.1 Å². The van der Waals surface area contributed by atoms with Gasteiger partial charge in [-0.3, -0.25) is 4.79 Å². The molecule has 0 aliphatic rings. The van der Waals surface area contributed by atoms with Crippen molar-refractivity contribution in [1.29, 1.82) is 0 Å². The van der Waals surface area contributed by atoms with Crippen LogP contribution in [-0.4, -0.2) is 12.6 Å². The fourth-order valence-corrected chi connectivity index (χ4v) is 1.15. The predicted octanol–water partition coefficient (Wildman–Crippen LogP) is 2.49. The Bertz CT molecular complexity index is 306. The van der Waals surface area contributed by atoms with Gasteiger partial charge in [-0.05, 0) is 31.5 Å². The van der Waals surface area contributed by atoms with E-state index in [4.69, 9.17) is 4.74 Å². The zero-order valence-corrected chi connectivity index (χ0v) is 8.29. The molecule has 1 rings (SSSR count). The molecule has 0 heterocycles. The minimum absolute atomic E-state index is 0.279. The topological polar surface area (TPSA) is 26.3 Å². The van der Waals surface area contributed by atoms with E-state index in [1.165, 1.54) is 12.1 Å². The molecule has 0 bridgehead atoms. The zero-order valence-electron chi connectivity index (χ0n) is 8.29. The highest BCUT2D eigenvalue weighted by Gasteiger charge is 2.15. The standard InChI is InChI=1S/C11H13FO2/c1-3-14-11(13)8(2)9-4-6-10(12)7-5-9/h4-8H,3H2,1-2H3/t8-/m0/s1. The summed E-state index contributed by atoms with van der Waals surface area (Å²) in [6.07, 6.45) is 0. The summed E-state index contributed by atoms with van der Waals surface area (Å²) >= 11 is 0. The second-order valence-electron chi connectivity index (χ2n) is 3.03. The van der Waals surface area contributed by atoms with Gasteiger partial charge in [-0.2, -0.15) is 0 Å². The van der Waals surface area contributed by atoms with Crippen molar-refractivity contribution in [2.45, 2.75) is 19.8 Å². The molecule has 0 aromatic heterocycles. The number of hydrogen-bond acceptors (Lipinski definition) is 2. The van der Waals surface area contributed by atoms with Crippen LogP contribution in [0.4, 0.5) is 4.39 Å². The summed E-state index contributed by atoms with van der Waals surface area (Å²) in [5, 5.41) is 0. The number of hydrogen-bond donors (Lipinski definition) is 0. The van der Waals surface area contributed by atoms with Crippen LogP contribution in [-0.2, 0) is 9.53 Å². The average molecular weight is 196 g/mol. The number of benzene rings is 1. The quantitative estimate of drug-likeness (QED) is 0.694. The second kappa shape index (κ2) is 4.74. The van der Waals surface area contributed by atoms with E-state index in [2.05, 4.69) is 0 Å². The molecule has 76 valence electrons. The molecule has 0 amide bonds. The van der Waals surface area contributed by atoms with Gasteiger partial charge < -0.3 is 4.74 Å². The summed E-state index contributed by atoms with van der Waals surface area (Å²) in [4.78, 5) is 11.3. The SMILES string of the molecule is CCOC(=O)[C@@H](C)c1ccc(F)cc1. The molecule has 0 unspecified atom stereocenters. The van der Waals surface area contributed by atoms with Crippen molar-refractivity contribution in [1.82, 2.24) is 0 Å². The molecule has 0 saturated carbocycles. The van der Waals surface area contributed by atoms with Crippen LogP contribution in [0.25, 0.3) is 0 Å². The van der Waals surface area contributed by atoms with Gasteiger partial charge in [0.15, 0.2) is 0 Å². The van der Waals surface area contributed by atoms with Crippen LogP contribution in [0.1, 0.15) is 25.3 Å². The average Bonchev–Trinajstić information content (AvgIpc) is 2.18. The van der Waals surface area contributed by atoms with E-state index >= 15 is 0 Å². The summed E-state index contributed by atoms with van der Waals surface area (Å²) in [7, 11) is 0. The first kappa shape index (κ1) is 10.7. The van der Waals surface area contributed by atoms with Crippen LogP contribution < -0.4 is 0 Å². The molecule has 2 nitrogen and oxygen atoms in total. The summed E-state index contributed by atoms with van der Waals surface area (Å²) in [6, 6.07) is 5.87. The molecule has 0 aliphatic heterocycles. The lowest BCUT2D eigenvalue weighted by Gasteiger charge is -2.10. The molecule has 0 spiro atoms. The zero-order chi connectivity index (χ0) is 10.6.